The average molecular weight is 494 g/mol. The van der Waals surface area contributed by atoms with Crippen LogP contribution in [-0.4, -0.2) is 19.8 Å². The molecular formula is C22H23Cl2OSiZr. The smallest absolute Gasteiger partial charge is 1.00 e. The third kappa shape index (κ3) is 4.38. The van der Waals surface area contributed by atoms with E-state index in [1.54, 1.807) is 0 Å². The van der Waals surface area contributed by atoms with Crippen LogP contribution in [0.3, 0.4) is 0 Å². The van der Waals surface area contributed by atoms with E-state index in [1.807, 2.05) is 0 Å². The second-order valence-electron chi connectivity index (χ2n) is 7.35. The number of hydrogen-bond acceptors (Lipinski definition) is 1. The van der Waals surface area contributed by atoms with Gasteiger partial charge in [-0.25, -0.2) is 0 Å². The number of hydrogen-bond donors (Lipinski definition) is 1. The van der Waals surface area contributed by atoms with Crippen LogP contribution in [0.4, 0.5) is 0 Å². The van der Waals surface area contributed by atoms with Gasteiger partial charge in [0.25, 0.3) is 0 Å². The van der Waals surface area contributed by atoms with E-state index in [2.05, 4.69) is 73.8 Å². The van der Waals surface area contributed by atoms with Crippen LogP contribution in [0.2, 0.25) is 19.1 Å². The molecular weight excluding hydrogens is 470 g/mol. The molecule has 0 heterocycles. The Kier molecular flexibility index (Phi) is 8.85. The Bertz CT molecular complexity index is 988. The quantitative estimate of drug-likeness (QED) is 0.390. The van der Waals surface area contributed by atoms with Crippen molar-refractivity contribution in [3.8, 4) is 0 Å². The van der Waals surface area contributed by atoms with Crippen LogP contribution < -0.4 is 24.8 Å². The number of allylic oxidation sites excluding steroid dienone is 4. The van der Waals surface area contributed by atoms with Crippen LogP contribution in [-0.2, 0) is 26.2 Å². The zero-order chi connectivity index (χ0) is 16.7. The SMILES string of the molecule is C[Si](C)(CCO)C1=C(c2cccc3c2[cH-]c2ccccc23)CC=C1.[Cl-].[Cl-].[Zr+3]. The molecule has 0 aliphatic heterocycles. The first-order valence-corrected chi connectivity index (χ1v) is 11.9. The van der Waals surface area contributed by atoms with Gasteiger partial charge in [0.05, 0.1) is 8.07 Å². The maximum absolute atomic E-state index is 9.47. The predicted octanol–water partition coefficient (Wildman–Crippen LogP) is -0.329. The van der Waals surface area contributed by atoms with Gasteiger partial charge in [-0.05, 0) is 12.5 Å². The van der Waals surface area contributed by atoms with E-state index in [1.165, 1.54) is 37.9 Å². The van der Waals surface area contributed by atoms with Gasteiger partial charge < -0.3 is 29.9 Å². The molecule has 0 spiro atoms. The minimum Gasteiger partial charge on any atom is -1.00 e. The molecule has 3 aromatic rings. The monoisotopic (exact) mass is 491 g/mol. The zero-order valence-electron chi connectivity index (χ0n) is 15.6. The Morgan fingerprint density at radius 3 is 2.44 bits per heavy atom. The average Bonchev–Trinajstić information content (AvgIpc) is 3.19. The molecule has 1 nitrogen and oxygen atoms in total. The molecule has 0 saturated carbocycles. The summed E-state index contributed by atoms with van der Waals surface area (Å²) in [4.78, 5) is 0. The van der Waals surface area contributed by atoms with E-state index in [9.17, 15) is 5.11 Å². The van der Waals surface area contributed by atoms with Crippen LogP contribution in [0.25, 0.3) is 27.1 Å². The number of benzene rings is 2. The van der Waals surface area contributed by atoms with E-state index in [-0.39, 0.29) is 57.6 Å². The molecule has 0 aromatic heterocycles. The molecule has 0 bridgehead atoms. The van der Waals surface area contributed by atoms with E-state index in [0.717, 1.165) is 12.5 Å². The molecule has 0 unspecified atom stereocenters. The summed E-state index contributed by atoms with van der Waals surface area (Å²) < 4.78 is 0. The summed E-state index contributed by atoms with van der Waals surface area (Å²) in [6.45, 7) is 5.03. The number of fused-ring (bicyclic) bond motifs is 3. The molecule has 1 N–H and O–H groups in total. The normalized spacial score (nSPS) is 13.4. The van der Waals surface area contributed by atoms with Crippen molar-refractivity contribution in [2.45, 2.75) is 25.6 Å². The fourth-order valence-corrected chi connectivity index (χ4v) is 6.50. The Labute approximate surface area is 193 Å². The van der Waals surface area contributed by atoms with Crippen LogP contribution >= 0.6 is 0 Å². The Morgan fingerprint density at radius 2 is 1.70 bits per heavy atom. The van der Waals surface area contributed by atoms with Crippen LogP contribution in [0.15, 0.2) is 65.9 Å². The topological polar surface area (TPSA) is 20.2 Å². The third-order valence-corrected chi connectivity index (χ3v) is 8.78. The van der Waals surface area contributed by atoms with E-state index in [0.29, 0.717) is 0 Å². The molecule has 0 atom stereocenters. The molecule has 1 radical (unpaired) electrons. The fraction of sp³-hybridized carbons (Fsp3) is 0.227. The molecule has 0 amide bonds. The Hall–Kier alpha value is -0.570. The van der Waals surface area contributed by atoms with Gasteiger partial charge in [0.15, 0.2) is 0 Å². The van der Waals surface area contributed by atoms with Crippen molar-refractivity contribution in [2.75, 3.05) is 6.61 Å². The standard InChI is InChI=1S/C22H23OSi.2ClH.Zr/c1-24(2,14-13-23)22-12-6-11-20(22)19-10-5-9-18-17-8-4-3-7-16(17)15-21(18)19;;;/h3-10,12,15,23H,11,13-14H2,1-2H3;2*1H;/q-1;;;+3/p-2. The van der Waals surface area contributed by atoms with Gasteiger partial charge in [-0.2, -0.15) is 0 Å². The first-order chi connectivity index (χ1) is 11.6. The van der Waals surface area contributed by atoms with Gasteiger partial charge in [0.1, 0.15) is 0 Å². The van der Waals surface area contributed by atoms with Gasteiger partial charge in [0.2, 0.25) is 0 Å². The number of aliphatic hydroxyl groups is 1. The Balaban J connectivity index is 0.00000121. The largest absolute Gasteiger partial charge is 3.00 e. The maximum Gasteiger partial charge on any atom is 3.00 e. The second kappa shape index (κ2) is 9.76. The zero-order valence-corrected chi connectivity index (χ0v) is 20.6. The summed E-state index contributed by atoms with van der Waals surface area (Å²) >= 11 is 0. The summed E-state index contributed by atoms with van der Waals surface area (Å²) in [7, 11) is -1.60. The van der Waals surface area contributed by atoms with Crippen molar-refractivity contribution in [1.29, 1.82) is 0 Å². The van der Waals surface area contributed by atoms with Gasteiger partial charge in [-0.15, -0.1) is 33.7 Å². The molecule has 1 aliphatic rings. The van der Waals surface area contributed by atoms with Gasteiger partial charge in [-0.1, -0.05) is 78.0 Å². The summed E-state index contributed by atoms with van der Waals surface area (Å²) in [5.41, 5.74) is 2.85. The second-order valence-corrected chi connectivity index (χ2v) is 12.2. The summed E-state index contributed by atoms with van der Waals surface area (Å²) in [6.07, 6.45) is 5.62. The molecule has 139 valence electrons. The predicted molar refractivity (Wildman–Crippen MR) is 107 cm³/mol. The van der Waals surface area contributed by atoms with Crippen LogP contribution in [0.1, 0.15) is 12.0 Å². The molecule has 0 saturated heterocycles. The fourth-order valence-electron chi connectivity index (χ4n) is 4.05. The molecule has 3 aromatic carbocycles. The van der Waals surface area contributed by atoms with E-state index < -0.39 is 8.07 Å². The molecule has 0 fully saturated rings. The summed E-state index contributed by atoms with van der Waals surface area (Å²) in [5.74, 6) is 0. The molecule has 4 rings (SSSR count). The van der Waals surface area contributed by atoms with E-state index in [4.69, 9.17) is 0 Å². The molecule has 1 aliphatic carbocycles. The minimum absolute atomic E-state index is 0. The summed E-state index contributed by atoms with van der Waals surface area (Å²) in [6, 6.07) is 18.6. The Morgan fingerprint density at radius 1 is 1.00 bits per heavy atom. The van der Waals surface area contributed by atoms with E-state index >= 15 is 0 Å². The van der Waals surface area contributed by atoms with Crippen molar-refractivity contribution >= 4 is 35.2 Å². The third-order valence-electron chi connectivity index (χ3n) is 5.38. The van der Waals surface area contributed by atoms with Gasteiger partial charge >= 0.3 is 26.2 Å². The van der Waals surface area contributed by atoms with Crippen LogP contribution in [0, 0.1) is 0 Å². The number of rotatable bonds is 4. The first kappa shape index (κ1) is 24.5. The summed E-state index contributed by atoms with van der Waals surface area (Å²) in [5, 5.41) is 16.4. The van der Waals surface area contributed by atoms with Crippen molar-refractivity contribution in [3.63, 3.8) is 0 Å². The van der Waals surface area contributed by atoms with Crippen LogP contribution in [0.5, 0.6) is 0 Å². The van der Waals surface area contributed by atoms with Crippen molar-refractivity contribution < 1.29 is 56.1 Å². The van der Waals surface area contributed by atoms with Crippen molar-refractivity contribution in [1.82, 2.24) is 0 Å². The van der Waals surface area contributed by atoms with Crippen molar-refractivity contribution in [2.24, 2.45) is 0 Å². The number of halogens is 2. The molecule has 5 heteroatoms. The minimum atomic E-state index is -1.60. The number of aliphatic hydroxyl groups excluding tert-OH is 1. The first-order valence-electron chi connectivity index (χ1n) is 8.70. The van der Waals surface area contributed by atoms with Crippen molar-refractivity contribution in [3.05, 3.63) is 71.4 Å². The van der Waals surface area contributed by atoms with Gasteiger partial charge in [-0.3, -0.25) is 0 Å². The molecule has 27 heavy (non-hydrogen) atoms. The maximum atomic E-state index is 9.47. The van der Waals surface area contributed by atoms with Gasteiger partial charge in [0, 0.05) is 6.61 Å².